The van der Waals surface area contributed by atoms with E-state index >= 15 is 0 Å². The van der Waals surface area contributed by atoms with Gasteiger partial charge in [0.05, 0.1) is 25.3 Å². The maximum Gasteiger partial charge on any atom is 0.263 e. The van der Waals surface area contributed by atoms with Crippen LogP contribution >= 0.6 is 0 Å². The zero-order chi connectivity index (χ0) is 30.1. The molecule has 1 saturated heterocycles. The molecule has 4 bridgehead atoms. The Labute approximate surface area is 244 Å². The van der Waals surface area contributed by atoms with Gasteiger partial charge in [-0.15, -0.1) is 0 Å². The molecule has 2 aromatic carbocycles. The fraction of sp³-hybridized carbons (Fsp3) is 0.375. The highest BCUT2D eigenvalue weighted by Gasteiger charge is 2.38. The van der Waals surface area contributed by atoms with Crippen LogP contribution in [-0.2, 0) is 23.2 Å². The summed E-state index contributed by atoms with van der Waals surface area (Å²) < 4.78 is 13.9. The number of amides is 3. The van der Waals surface area contributed by atoms with Crippen molar-refractivity contribution >= 4 is 17.7 Å². The van der Waals surface area contributed by atoms with Gasteiger partial charge in [0.1, 0.15) is 17.1 Å². The van der Waals surface area contributed by atoms with Crippen LogP contribution in [0, 0.1) is 6.92 Å². The molecule has 5 rings (SSSR count). The lowest BCUT2D eigenvalue weighted by molar-refractivity contribution is -0.123. The van der Waals surface area contributed by atoms with Crippen molar-refractivity contribution in [3.63, 3.8) is 0 Å². The van der Waals surface area contributed by atoms with E-state index < -0.39 is 18.1 Å². The number of rotatable bonds is 2. The molecule has 1 aromatic heterocycles. The number of aryl methyl sites for hydroxylation is 1. The first kappa shape index (κ1) is 29.1. The molecule has 42 heavy (non-hydrogen) atoms. The zero-order valence-electron chi connectivity index (χ0n) is 24.5. The minimum atomic E-state index is -0.540. The van der Waals surface area contributed by atoms with Crippen molar-refractivity contribution in [3.05, 3.63) is 92.9 Å². The van der Waals surface area contributed by atoms with Gasteiger partial charge in [-0.1, -0.05) is 32.0 Å². The van der Waals surface area contributed by atoms with E-state index in [1.54, 1.807) is 38.4 Å². The number of ether oxygens (including phenoxy) is 2. The van der Waals surface area contributed by atoms with E-state index in [1.165, 1.54) is 14.4 Å². The average Bonchev–Trinajstić information content (AvgIpc) is 3.35. The summed E-state index contributed by atoms with van der Waals surface area (Å²) in [4.78, 5) is 55.8. The number of likely N-dealkylation sites (tertiary alicyclic amines) is 1. The van der Waals surface area contributed by atoms with Gasteiger partial charge >= 0.3 is 0 Å². The van der Waals surface area contributed by atoms with Crippen LogP contribution < -0.4 is 15.6 Å². The monoisotopic (exact) mass is 572 g/mol. The Morgan fingerprint density at radius 3 is 2.55 bits per heavy atom. The molecule has 3 heterocycles. The van der Waals surface area contributed by atoms with Gasteiger partial charge in [0.25, 0.3) is 17.4 Å². The molecule has 0 unspecified atom stereocenters. The third-order valence-corrected chi connectivity index (χ3v) is 7.82. The predicted molar refractivity (Wildman–Crippen MR) is 157 cm³/mol. The van der Waals surface area contributed by atoms with Gasteiger partial charge in [0.2, 0.25) is 5.91 Å². The quantitative estimate of drug-likeness (QED) is 0.505. The highest BCUT2D eigenvalue weighted by atomic mass is 16.5. The van der Waals surface area contributed by atoms with Gasteiger partial charge in [-0.3, -0.25) is 19.2 Å². The van der Waals surface area contributed by atoms with Crippen molar-refractivity contribution in [2.45, 2.75) is 45.4 Å². The molecule has 220 valence electrons. The summed E-state index contributed by atoms with van der Waals surface area (Å²) in [7, 11) is 3.22. The summed E-state index contributed by atoms with van der Waals surface area (Å²) in [5, 5.41) is 2.96. The molecule has 2 aliphatic rings. The van der Waals surface area contributed by atoms with Crippen molar-refractivity contribution in [1.82, 2.24) is 19.7 Å². The molecule has 3 aromatic rings. The van der Waals surface area contributed by atoms with Gasteiger partial charge in [0, 0.05) is 38.4 Å². The summed E-state index contributed by atoms with van der Waals surface area (Å²) in [6, 6.07) is 15.5. The number of hydrogen-bond acceptors (Lipinski definition) is 6. The first-order chi connectivity index (χ1) is 20.0. The fourth-order valence-corrected chi connectivity index (χ4v) is 5.44. The molecule has 1 fully saturated rings. The van der Waals surface area contributed by atoms with Gasteiger partial charge in [-0.25, -0.2) is 0 Å². The third-order valence-electron chi connectivity index (χ3n) is 7.82. The van der Waals surface area contributed by atoms with Gasteiger partial charge < -0.3 is 29.2 Å². The molecular formula is C32H36N4O6. The Kier molecular flexibility index (Phi) is 8.17. The molecule has 0 spiro atoms. The van der Waals surface area contributed by atoms with Crippen LogP contribution in [0.1, 0.15) is 57.3 Å². The Morgan fingerprint density at radius 1 is 1.00 bits per heavy atom. The summed E-state index contributed by atoms with van der Waals surface area (Å²) in [6.45, 7) is 6.26. The predicted octanol–water partition coefficient (Wildman–Crippen LogP) is 3.22. The number of pyridine rings is 1. The lowest BCUT2D eigenvalue weighted by Gasteiger charge is -2.23. The Hall–Kier alpha value is -4.44. The standard InChI is InChI=1S/C32H36N4O6/c1-19(2)26-12-11-24(31(39)35(26)5)32(40)36-15-25-28(16-36)41-18-21-7-6-8-23(13-21)42-27-14-22(10-9-20(27)3)30(38)34(4)17-29(37)33-25/h6-14,19,25,28H,15-18H2,1-5H3,(H,33,37)/t25-,28-/m0/s1. The number of nitrogens with one attached hydrogen (secondary N) is 1. The molecule has 0 radical (unpaired) electrons. The Morgan fingerprint density at radius 2 is 1.79 bits per heavy atom. The van der Waals surface area contributed by atoms with Crippen LogP contribution in [0.2, 0.25) is 0 Å². The van der Waals surface area contributed by atoms with Crippen LogP contribution in [0.4, 0.5) is 0 Å². The molecule has 3 amide bonds. The van der Waals surface area contributed by atoms with Crippen molar-refractivity contribution < 1.29 is 23.9 Å². The van der Waals surface area contributed by atoms with E-state index in [2.05, 4.69) is 5.32 Å². The molecule has 1 N–H and O–H groups in total. The Balaban J connectivity index is 1.43. The van der Waals surface area contributed by atoms with Crippen molar-refractivity contribution in [1.29, 1.82) is 0 Å². The van der Waals surface area contributed by atoms with Gasteiger partial charge in [0.15, 0.2) is 0 Å². The zero-order valence-corrected chi connectivity index (χ0v) is 24.5. The van der Waals surface area contributed by atoms with Crippen LogP contribution in [0.15, 0.2) is 59.4 Å². The van der Waals surface area contributed by atoms with Crippen LogP contribution in [0.25, 0.3) is 0 Å². The highest BCUT2D eigenvalue weighted by molar-refractivity contribution is 5.97. The second kappa shape index (κ2) is 11.8. The summed E-state index contributed by atoms with van der Waals surface area (Å²) in [5.74, 6) is 0.141. The average molecular weight is 573 g/mol. The van der Waals surface area contributed by atoms with E-state index in [1.807, 2.05) is 51.1 Å². The number of nitrogens with zero attached hydrogens (tertiary/aromatic N) is 3. The molecule has 2 atom stereocenters. The number of carbonyl (C=O) groups is 3. The lowest BCUT2D eigenvalue weighted by atomic mass is 10.1. The number of benzene rings is 2. The molecule has 0 aliphatic carbocycles. The van der Waals surface area contributed by atoms with E-state index in [4.69, 9.17) is 9.47 Å². The van der Waals surface area contributed by atoms with Crippen LogP contribution in [0.3, 0.4) is 0 Å². The van der Waals surface area contributed by atoms with Gasteiger partial charge in [-0.05, 0) is 60.4 Å². The van der Waals surface area contributed by atoms with E-state index in [0.717, 1.165) is 16.8 Å². The summed E-state index contributed by atoms with van der Waals surface area (Å²) >= 11 is 0. The normalized spacial score (nSPS) is 19.4. The largest absolute Gasteiger partial charge is 0.457 e. The smallest absolute Gasteiger partial charge is 0.263 e. The highest BCUT2D eigenvalue weighted by Crippen LogP contribution is 2.28. The number of hydrogen-bond donors (Lipinski definition) is 1. The van der Waals surface area contributed by atoms with Crippen LogP contribution in [-0.4, -0.2) is 70.9 Å². The number of aromatic nitrogens is 1. The Bertz CT molecular complexity index is 1600. The van der Waals surface area contributed by atoms with E-state index in [-0.39, 0.29) is 55.1 Å². The maximum atomic E-state index is 13.5. The fourth-order valence-electron chi connectivity index (χ4n) is 5.44. The van der Waals surface area contributed by atoms with Crippen LogP contribution in [0.5, 0.6) is 11.5 Å². The SMILES string of the molecule is Cc1ccc2cc1Oc1cccc(c1)CO[C@H]1CN(C(=O)c3ccc(C(C)C)n(C)c3=O)C[C@@H]1NC(=O)CN(C)C2=O. The first-order valence-electron chi connectivity index (χ1n) is 14.0. The second-order valence-corrected chi connectivity index (χ2v) is 11.3. The summed E-state index contributed by atoms with van der Waals surface area (Å²) in [5.41, 5.74) is 2.65. The molecule has 2 aliphatic heterocycles. The maximum absolute atomic E-state index is 13.5. The van der Waals surface area contributed by atoms with E-state index in [9.17, 15) is 19.2 Å². The van der Waals surface area contributed by atoms with Crippen molar-refractivity contribution in [2.24, 2.45) is 7.05 Å². The molecular weight excluding hydrogens is 536 g/mol. The minimum Gasteiger partial charge on any atom is -0.457 e. The third kappa shape index (κ3) is 5.94. The molecule has 10 nitrogen and oxygen atoms in total. The topological polar surface area (TPSA) is 110 Å². The summed E-state index contributed by atoms with van der Waals surface area (Å²) in [6.07, 6.45) is -0.537. The first-order valence-corrected chi connectivity index (χ1v) is 14.0. The van der Waals surface area contributed by atoms with Crippen molar-refractivity contribution in [2.75, 3.05) is 26.7 Å². The number of fused-ring (bicyclic) bond motifs is 5. The van der Waals surface area contributed by atoms with E-state index in [0.29, 0.717) is 17.1 Å². The molecule has 0 saturated carbocycles. The second-order valence-electron chi connectivity index (χ2n) is 11.3. The van der Waals surface area contributed by atoms with Gasteiger partial charge in [-0.2, -0.15) is 0 Å². The number of carbonyl (C=O) groups excluding carboxylic acids is 3. The van der Waals surface area contributed by atoms with Crippen molar-refractivity contribution in [3.8, 4) is 11.5 Å². The lowest BCUT2D eigenvalue weighted by Crippen LogP contribution is -2.48. The number of likely N-dealkylation sites (N-methyl/N-ethyl adjacent to an activating group) is 1. The molecule has 10 heteroatoms. The minimum absolute atomic E-state index is 0.0678.